The molecule has 0 spiro atoms. The van der Waals surface area contributed by atoms with Gasteiger partial charge >= 0.3 is 0 Å². The number of likely N-dealkylation sites (N-methyl/N-ethyl adjacent to an activating group) is 1. The summed E-state index contributed by atoms with van der Waals surface area (Å²) in [5, 5.41) is 11.7. The lowest BCUT2D eigenvalue weighted by molar-refractivity contribution is 0.115. The minimum atomic E-state index is 0.0943. The van der Waals surface area contributed by atoms with Crippen LogP contribution in [-0.4, -0.2) is 41.8 Å². The Hall–Kier alpha value is -1.82. The molecule has 0 aliphatic carbocycles. The largest absolute Gasteiger partial charge is 0.409 e. The number of amidine groups is 1. The van der Waals surface area contributed by atoms with Crippen molar-refractivity contribution in [2.45, 2.75) is 25.9 Å². The number of nitrogens with two attached hydrogens (primary N) is 1. The van der Waals surface area contributed by atoms with E-state index in [0.29, 0.717) is 5.56 Å². The monoisotopic (exact) mass is 264 g/mol. The molecule has 2 rings (SSSR count). The van der Waals surface area contributed by atoms with Crippen LogP contribution in [0.1, 0.15) is 25.3 Å². The van der Waals surface area contributed by atoms with Gasteiger partial charge in [-0.25, -0.2) is 4.98 Å². The van der Waals surface area contributed by atoms with E-state index in [-0.39, 0.29) is 11.9 Å². The minimum absolute atomic E-state index is 0.0943. The highest BCUT2D eigenvalue weighted by atomic mass is 16.5. The fourth-order valence-corrected chi connectivity index (χ4v) is 2.23. The zero-order valence-electron chi connectivity index (χ0n) is 11.1. The highest BCUT2D eigenvalue weighted by Crippen LogP contribution is 2.18. The minimum Gasteiger partial charge on any atom is -0.409 e. The van der Waals surface area contributed by atoms with Gasteiger partial charge in [-0.2, -0.15) is 0 Å². The lowest BCUT2D eigenvalue weighted by atomic mass is 10.2. The Morgan fingerprint density at radius 1 is 1.68 bits per heavy atom. The molecular weight excluding hydrogens is 244 g/mol. The van der Waals surface area contributed by atoms with Crippen LogP contribution in [0.25, 0.3) is 0 Å². The van der Waals surface area contributed by atoms with Crippen LogP contribution in [0, 0.1) is 0 Å². The lowest BCUT2D eigenvalue weighted by Gasteiger charge is -2.25. The fourth-order valence-electron chi connectivity index (χ4n) is 2.23. The molecule has 0 amide bonds. The molecule has 3 N–H and O–H groups in total. The van der Waals surface area contributed by atoms with Crippen LogP contribution in [0.3, 0.4) is 0 Å². The van der Waals surface area contributed by atoms with Crippen molar-refractivity contribution < 1.29 is 9.94 Å². The van der Waals surface area contributed by atoms with Crippen LogP contribution < -0.4 is 10.6 Å². The third-order valence-electron chi connectivity index (χ3n) is 3.30. The molecule has 0 saturated carbocycles. The predicted octanol–water partition coefficient (Wildman–Crippen LogP) is 1.18. The van der Waals surface area contributed by atoms with Crippen LogP contribution in [0.4, 0.5) is 5.82 Å². The van der Waals surface area contributed by atoms with E-state index in [1.165, 1.54) is 0 Å². The third-order valence-corrected chi connectivity index (χ3v) is 3.30. The van der Waals surface area contributed by atoms with E-state index in [1.54, 1.807) is 12.3 Å². The zero-order chi connectivity index (χ0) is 13.7. The summed E-state index contributed by atoms with van der Waals surface area (Å²) in [6.07, 6.45) is 4.16. The third kappa shape index (κ3) is 3.35. The molecule has 1 aliphatic heterocycles. The summed E-state index contributed by atoms with van der Waals surface area (Å²) < 4.78 is 5.65. The second kappa shape index (κ2) is 6.38. The average Bonchev–Trinajstić information content (AvgIpc) is 2.97. The first-order valence-corrected chi connectivity index (χ1v) is 6.55. The second-order valence-corrected chi connectivity index (χ2v) is 4.56. The Morgan fingerprint density at radius 3 is 3.16 bits per heavy atom. The number of ether oxygens (including phenoxy) is 1. The van der Waals surface area contributed by atoms with Crippen molar-refractivity contribution in [2.24, 2.45) is 10.9 Å². The van der Waals surface area contributed by atoms with Crippen LogP contribution in [-0.2, 0) is 4.74 Å². The molecule has 104 valence electrons. The van der Waals surface area contributed by atoms with E-state index in [0.717, 1.165) is 38.4 Å². The summed E-state index contributed by atoms with van der Waals surface area (Å²) in [6.45, 7) is 4.59. The highest BCUT2D eigenvalue weighted by molar-refractivity contribution is 5.97. The van der Waals surface area contributed by atoms with Gasteiger partial charge in [0.1, 0.15) is 5.82 Å². The van der Waals surface area contributed by atoms with Gasteiger partial charge in [-0.05, 0) is 31.9 Å². The van der Waals surface area contributed by atoms with Gasteiger partial charge in [-0.15, -0.1) is 0 Å². The predicted molar refractivity (Wildman–Crippen MR) is 73.6 cm³/mol. The highest BCUT2D eigenvalue weighted by Gasteiger charge is 2.19. The van der Waals surface area contributed by atoms with Crippen LogP contribution in [0.2, 0.25) is 0 Å². The van der Waals surface area contributed by atoms with Crippen molar-refractivity contribution in [3.63, 3.8) is 0 Å². The Balaban J connectivity index is 2.13. The molecule has 1 atom stereocenters. The molecule has 1 aromatic heterocycles. The molecule has 19 heavy (non-hydrogen) atoms. The smallest absolute Gasteiger partial charge is 0.170 e. The van der Waals surface area contributed by atoms with Gasteiger partial charge in [0.2, 0.25) is 0 Å². The topological polar surface area (TPSA) is 84.0 Å². The van der Waals surface area contributed by atoms with Gasteiger partial charge in [-0.1, -0.05) is 5.16 Å². The first-order valence-electron chi connectivity index (χ1n) is 6.55. The average molecular weight is 264 g/mol. The Morgan fingerprint density at radius 2 is 2.53 bits per heavy atom. The maximum atomic E-state index is 8.71. The Bertz CT molecular complexity index is 444. The van der Waals surface area contributed by atoms with Gasteiger partial charge in [0, 0.05) is 31.5 Å². The van der Waals surface area contributed by atoms with Crippen molar-refractivity contribution in [3.8, 4) is 0 Å². The van der Waals surface area contributed by atoms with Gasteiger partial charge in [0.05, 0.1) is 6.10 Å². The number of pyridine rings is 1. The van der Waals surface area contributed by atoms with Crippen molar-refractivity contribution in [1.82, 2.24) is 4.98 Å². The summed E-state index contributed by atoms with van der Waals surface area (Å²) in [6, 6.07) is 3.55. The molecule has 1 aromatic rings. The summed E-state index contributed by atoms with van der Waals surface area (Å²) in [5.41, 5.74) is 6.26. The van der Waals surface area contributed by atoms with E-state index in [2.05, 4.69) is 22.0 Å². The van der Waals surface area contributed by atoms with E-state index < -0.39 is 0 Å². The van der Waals surface area contributed by atoms with Crippen LogP contribution in [0.5, 0.6) is 0 Å². The number of anilines is 1. The van der Waals surface area contributed by atoms with Crippen molar-refractivity contribution in [2.75, 3.05) is 24.6 Å². The summed E-state index contributed by atoms with van der Waals surface area (Å²) in [7, 11) is 0. The molecule has 1 fully saturated rings. The van der Waals surface area contributed by atoms with Gasteiger partial charge in [0.25, 0.3) is 0 Å². The molecule has 2 heterocycles. The van der Waals surface area contributed by atoms with Gasteiger partial charge in [0.15, 0.2) is 5.84 Å². The maximum Gasteiger partial charge on any atom is 0.170 e. The summed E-state index contributed by atoms with van der Waals surface area (Å²) in [4.78, 5) is 6.49. The molecule has 0 aromatic carbocycles. The van der Waals surface area contributed by atoms with E-state index in [1.807, 2.05) is 6.07 Å². The molecular formula is C13H20N4O2. The Kier molecular flexibility index (Phi) is 4.57. The molecule has 6 nitrogen and oxygen atoms in total. The fraction of sp³-hybridized carbons (Fsp3) is 0.538. The normalized spacial score (nSPS) is 19.6. The lowest BCUT2D eigenvalue weighted by Crippen LogP contribution is -2.32. The van der Waals surface area contributed by atoms with Crippen molar-refractivity contribution in [1.29, 1.82) is 0 Å². The van der Waals surface area contributed by atoms with Crippen LogP contribution in [0.15, 0.2) is 23.5 Å². The number of oxime groups is 1. The number of rotatable bonds is 5. The van der Waals surface area contributed by atoms with Crippen LogP contribution >= 0.6 is 0 Å². The molecule has 1 aliphatic rings. The number of hydrogen-bond donors (Lipinski definition) is 2. The van der Waals surface area contributed by atoms with E-state index in [4.69, 9.17) is 15.7 Å². The van der Waals surface area contributed by atoms with Gasteiger partial charge in [-0.3, -0.25) is 0 Å². The first kappa shape index (κ1) is 13.6. The summed E-state index contributed by atoms with van der Waals surface area (Å²) >= 11 is 0. The zero-order valence-corrected chi connectivity index (χ0v) is 11.1. The molecule has 0 bridgehead atoms. The molecule has 1 unspecified atom stereocenters. The molecule has 0 radical (unpaired) electrons. The first-order chi connectivity index (χ1) is 9.24. The Labute approximate surface area is 112 Å². The maximum absolute atomic E-state index is 8.71. The van der Waals surface area contributed by atoms with Crippen molar-refractivity contribution >= 4 is 11.7 Å². The molecule has 1 saturated heterocycles. The number of aromatic nitrogens is 1. The van der Waals surface area contributed by atoms with E-state index >= 15 is 0 Å². The molecule has 6 heteroatoms. The van der Waals surface area contributed by atoms with Crippen molar-refractivity contribution in [3.05, 3.63) is 23.9 Å². The summed E-state index contributed by atoms with van der Waals surface area (Å²) in [5.74, 6) is 0.916. The standard InChI is InChI=1S/C13H20N4O2/c1-2-17(9-11-4-3-7-19-11)12-8-10(5-6-15-12)13(14)16-18/h5-6,8,11,18H,2-4,7,9H2,1H3,(H2,14,16). The van der Waals surface area contributed by atoms with Gasteiger partial charge < -0.3 is 20.6 Å². The number of nitrogens with zero attached hydrogens (tertiary/aromatic N) is 3. The quantitative estimate of drug-likeness (QED) is 0.361. The SMILES string of the molecule is CCN(CC1CCCO1)c1cc(C(N)=NO)ccn1. The number of hydrogen-bond acceptors (Lipinski definition) is 5. The van der Waals surface area contributed by atoms with E-state index in [9.17, 15) is 0 Å². The second-order valence-electron chi connectivity index (χ2n) is 4.56.